The van der Waals surface area contributed by atoms with Crippen LogP contribution in [0.25, 0.3) is 5.65 Å². The van der Waals surface area contributed by atoms with E-state index in [-0.39, 0.29) is 5.91 Å². The number of amides is 1. The van der Waals surface area contributed by atoms with Gasteiger partial charge < -0.3 is 9.80 Å². The molecule has 2 saturated heterocycles. The smallest absolute Gasteiger partial charge is 0.237 e. The normalized spacial score (nSPS) is 21.0. The van der Waals surface area contributed by atoms with E-state index in [1.54, 1.807) is 10.7 Å². The second kappa shape index (κ2) is 6.33. The Bertz CT molecular complexity index is 754. The van der Waals surface area contributed by atoms with Gasteiger partial charge in [-0.1, -0.05) is 0 Å². The molecule has 2 aromatic rings. The SMILES string of the molecule is CN1CCN(C2CCN(c3cnc4c(Br)cnn4c3)CC2)C(=O)C1. The lowest BCUT2D eigenvalue weighted by atomic mass is 10.0. The predicted molar refractivity (Wildman–Crippen MR) is 95.1 cm³/mol. The third kappa shape index (κ3) is 2.88. The number of carbonyl (C=O) groups excluding carboxylic acids is 1. The van der Waals surface area contributed by atoms with E-state index >= 15 is 0 Å². The van der Waals surface area contributed by atoms with Gasteiger partial charge in [0.1, 0.15) is 0 Å². The number of nitrogens with zero attached hydrogens (tertiary/aromatic N) is 6. The summed E-state index contributed by atoms with van der Waals surface area (Å²) in [6.07, 6.45) is 7.71. The van der Waals surface area contributed by atoms with Gasteiger partial charge in [0.2, 0.25) is 5.91 Å². The molecule has 2 aromatic heterocycles. The Morgan fingerprint density at radius 1 is 1.17 bits per heavy atom. The monoisotopic (exact) mass is 392 g/mol. The van der Waals surface area contributed by atoms with Crippen molar-refractivity contribution < 1.29 is 4.79 Å². The van der Waals surface area contributed by atoms with Crippen molar-refractivity contribution in [3.05, 3.63) is 23.1 Å². The molecule has 4 heterocycles. The van der Waals surface area contributed by atoms with Crippen LogP contribution in [0, 0.1) is 0 Å². The van der Waals surface area contributed by atoms with Gasteiger partial charge in [-0.05, 0) is 35.8 Å². The first-order valence-electron chi connectivity index (χ1n) is 8.33. The van der Waals surface area contributed by atoms with Gasteiger partial charge in [-0.3, -0.25) is 9.69 Å². The highest BCUT2D eigenvalue weighted by molar-refractivity contribution is 9.10. The number of piperazine rings is 1. The fourth-order valence-corrected chi connectivity index (χ4v) is 4.00. The summed E-state index contributed by atoms with van der Waals surface area (Å²) in [5.74, 6) is 0.270. The predicted octanol–water partition coefficient (Wildman–Crippen LogP) is 1.23. The van der Waals surface area contributed by atoms with Crippen LogP contribution in [-0.4, -0.2) is 76.1 Å². The third-order valence-corrected chi connectivity index (χ3v) is 5.58. The molecular formula is C16H21BrN6O. The zero-order valence-electron chi connectivity index (χ0n) is 13.7. The van der Waals surface area contributed by atoms with Gasteiger partial charge >= 0.3 is 0 Å². The maximum absolute atomic E-state index is 12.2. The first-order valence-corrected chi connectivity index (χ1v) is 9.13. The van der Waals surface area contributed by atoms with E-state index in [0.29, 0.717) is 12.6 Å². The van der Waals surface area contributed by atoms with Crippen molar-refractivity contribution in [3.8, 4) is 0 Å². The van der Waals surface area contributed by atoms with E-state index in [4.69, 9.17) is 0 Å². The summed E-state index contributed by atoms with van der Waals surface area (Å²) in [6, 6.07) is 0.373. The number of fused-ring (bicyclic) bond motifs is 1. The average molecular weight is 393 g/mol. The number of anilines is 1. The summed E-state index contributed by atoms with van der Waals surface area (Å²) in [4.78, 5) is 23.2. The largest absolute Gasteiger partial charge is 0.369 e. The number of carbonyl (C=O) groups is 1. The Morgan fingerprint density at radius 2 is 1.96 bits per heavy atom. The number of halogens is 1. The summed E-state index contributed by atoms with van der Waals surface area (Å²) < 4.78 is 2.71. The standard InChI is InChI=1S/C16H21BrN6O/c1-20-6-7-22(15(24)11-20)12-2-4-21(5-3-12)13-8-18-16-14(17)9-19-23(16)10-13/h8-10,12H,2-7,11H2,1H3. The molecule has 0 radical (unpaired) electrons. The van der Waals surface area contributed by atoms with Crippen LogP contribution in [0.5, 0.6) is 0 Å². The number of hydrogen-bond acceptors (Lipinski definition) is 5. The second-order valence-electron chi connectivity index (χ2n) is 6.62. The molecule has 4 rings (SSSR count). The molecule has 0 atom stereocenters. The van der Waals surface area contributed by atoms with Crippen molar-refractivity contribution in [3.63, 3.8) is 0 Å². The highest BCUT2D eigenvalue weighted by Gasteiger charge is 2.31. The first kappa shape index (κ1) is 15.8. The van der Waals surface area contributed by atoms with Crippen molar-refractivity contribution in [1.29, 1.82) is 0 Å². The molecule has 0 N–H and O–H groups in total. The summed E-state index contributed by atoms with van der Waals surface area (Å²) in [5, 5.41) is 4.30. The molecular weight excluding hydrogens is 372 g/mol. The molecule has 1 amide bonds. The number of likely N-dealkylation sites (N-methyl/N-ethyl adjacent to an activating group) is 1. The van der Waals surface area contributed by atoms with E-state index < -0.39 is 0 Å². The topological polar surface area (TPSA) is 57.0 Å². The summed E-state index contributed by atoms with van der Waals surface area (Å²) in [6.45, 7) is 4.27. The first-order chi connectivity index (χ1) is 11.6. The zero-order chi connectivity index (χ0) is 16.7. The molecule has 0 unspecified atom stereocenters. The highest BCUT2D eigenvalue weighted by Crippen LogP contribution is 2.24. The minimum atomic E-state index is 0.270. The quantitative estimate of drug-likeness (QED) is 0.769. The zero-order valence-corrected chi connectivity index (χ0v) is 15.3. The molecule has 0 spiro atoms. The molecule has 0 aromatic carbocycles. The van der Waals surface area contributed by atoms with Crippen molar-refractivity contribution in [2.24, 2.45) is 0 Å². The Kier molecular flexibility index (Phi) is 4.17. The summed E-state index contributed by atoms with van der Waals surface area (Å²) in [7, 11) is 2.01. The fourth-order valence-electron chi connectivity index (χ4n) is 3.63. The molecule has 2 fully saturated rings. The number of rotatable bonds is 2. The van der Waals surface area contributed by atoms with Gasteiger partial charge in [-0.2, -0.15) is 5.10 Å². The lowest BCUT2D eigenvalue weighted by Gasteiger charge is -2.42. The van der Waals surface area contributed by atoms with Gasteiger partial charge in [0.05, 0.1) is 35.3 Å². The van der Waals surface area contributed by atoms with Crippen LogP contribution >= 0.6 is 15.9 Å². The Morgan fingerprint density at radius 3 is 2.71 bits per heavy atom. The lowest BCUT2D eigenvalue weighted by molar-refractivity contribution is -0.138. The molecule has 7 nitrogen and oxygen atoms in total. The van der Waals surface area contributed by atoms with Crippen molar-refractivity contribution in [2.75, 3.05) is 44.7 Å². The van der Waals surface area contributed by atoms with Gasteiger partial charge in [0, 0.05) is 32.2 Å². The van der Waals surface area contributed by atoms with Gasteiger partial charge in [0.15, 0.2) is 5.65 Å². The van der Waals surface area contributed by atoms with E-state index in [1.807, 2.05) is 19.4 Å². The Balaban J connectivity index is 1.42. The molecule has 24 heavy (non-hydrogen) atoms. The Labute approximate surface area is 149 Å². The van der Waals surface area contributed by atoms with Gasteiger partial charge in [0.25, 0.3) is 0 Å². The van der Waals surface area contributed by atoms with Crippen LogP contribution in [-0.2, 0) is 4.79 Å². The molecule has 2 aliphatic heterocycles. The van der Waals surface area contributed by atoms with E-state index in [2.05, 4.69) is 40.7 Å². The molecule has 128 valence electrons. The molecule has 2 aliphatic rings. The number of piperidine rings is 1. The fraction of sp³-hybridized carbons (Fsp3) is 0.562. The number of hydrogen-bond donors (Lipinski definition) is 0. The summed E-state index contributed by atoms with van der Waals surface area (Å²) in [5.41, 5.74) is 1.91. The maximum atomic E-state index is 12.2. The second-order valence-corrected chi connectivity index (χ2v) is 7.47. The molecule has 0 saturated carbocycles. The molecule has 0 aliphatic carbocycles. The van der Waals surface area contributed by atoms with Crippen LogP contribution in [0.3, 0.4) is 0 Å². The van der Waals surface area contributed by atoms with Crippen LogP contribution < -0.4 is 4.90 Å². The van der Waals surface area contributed by atoms with Gasteiger partial charge in [-0.15, -0.1) is 0 Å². The number of aromatic nitrogens is 3. The minimum absolute atomic E-state index is 0.270. The third-order valence-electron chi connectivity index (χ3n) is 5.02. The van der Waals surface area contributed by atoms with E-state index in [1.165, 1.54) is 0 Å². The minimum Gasteiger partial charge on any atom is -0.369 e. The Hall–Kier alpha value is -1.67. The van der Waals surface area contributed by atoms with Crippen LogP contribution in [0.1, 0.15) is 12.8 Å². The summed E-state index contributed by atoms with van der Waals surface area (Å²) >= 11 is 3.45. The van der Waals surface area contributed by atoms with Crippen LogP contribution in [0.15, 0.2) is 23.1 Å². The highest BCUT2D eigenvalue weighted by atomic mass is 79.9. The molecule has 8 heteroatoms. The van der Waals surface area contributed by atoms with Gasteiger partial charge in [-0.25, -0.2) is 9.50 Å². The van der Waals surface area contributed by atoms with Crippen LogP contribution in [0.4, 0.5) is 5.69 Å². The lowest BCUT2D eigenvalue weighted by Crippen LogP contribution is -2.55. The van der Waals surface area contributed by atoms with Crippen molar-refractivity contribution in [2.45, 2.75) is 18.9 Å². The van der Waals surface area contributed by atoms with E-state index in [9.17, 15) is 4.79 Å². The average Bonchev–Trinajstić information content (AvgIpc) is 2.96. The maximum Gasteiger partial charge on any atom is 0.237 e. The van der Waals surface area contributed by atoms with E-state index in [0.717, 1.165) is 54.8 Å². The van der Waals surface area contributed by atoms with Crippen molar-refractivity contribution in [1.82, 2.24) is 24.4 Å². The van der Waals surface area contributed by atoms with Crippen molar-refractivity contribution >= 4 is 33.2 Å². The molecule has 0 bridgehead atoms. The van der Waals surface area contributed by atoms with Crippen LogP contribution in [0.2, 0.25) is 0 Å².